The molecule has 28 heavy (non-hydrogen) atoms. The number of likely N-dealkylation sites (tertiary alicyclic amines) is 1. The Labute approximate surface area is 161 Å². The lowest BCUT2D eigenvalue weighted by atomic mass is 10.2. The van der Waals surface area contributed by atoms with Crippen LogP contribution in [0.15, 0.2) is 47.1 Å². The second-order valence-electron chi connectivity index (χ2n) is 6.44. The number of pyridine rings is 1. The van der Waals surface area contributed by atoms with Crippen LogP contribution in [0.4, 0.5) is 4.39 Å². The number of hydrogen-bond donors (Lipinski definition) is 0. The smallest absolute Gasteiger partial charge is 0.244 e. The monoisotopic (exact) mass is 373 g/mol. The predicted molar refractivity (Wildman–Crippen MR) is 99.1 cm³/mol. The van der Waals surface area contributed by atoms with Crippen molar-refractivity contribution in [2.24, 2.45) is 0 Å². The summed E-state index contributed by atoms with van der Waals surface area (Å²) < 4.78 is 18.6. The van der Waals surface area contributed by atoms with Crippen molar-refractivity contribution in [2.45, 2.75) is 18.9 Å². The van der Waals surface area contributed by atoms with Gasteiger partial charge < -0.3 is 4.52 Å². The van der Waals surface area contributed by atoms with E-state index < -0.39 is 0 Å². The highest BCUT2D eigenvalue weighted by molar-refractivity contribution is 5.51. The molecule has 1 fully saturated rings. The fraction of sp³-hybridized carbons (Fsp3) is 0.238. The van der Waals surface area contributed by atoms with E-state index in [1.807, 2.05) is 11.0 Å². The van der Waals surface area contributed by atoms with Crippen LogP contribution in [0.25, 0.3) is 11.5 Å². The van der Waals surface area contributed by atoms with E-state index >= 15 is 0 Å². The van der Waals surface area contributed by atoms with Gasteiger partial charge >= 0.3 is 0 Å². The SMILES string of the molecule is N#CCN1CCCC1c1nc(-c2ccc(C#Cc3cccc(F)c3)cn2)no1. The molecule has 1 atom stereocenters. The molecule has 0 saturated carbocycles. The standard InChI is InChI=1S/C21H16FN5O/c22-17-4-1-3-15(13-17)6-7-16-8-9-18(24-14-16)20-25-21(28-26-20)19-5-2-11-27(19)12-10-23/h1,3-4,8-9,13-14,19H,2,5,11-12H2. The zero-order chi connectivity index (χ0) is 19.3. The molecule has 0 spiro atoms. The average molecular weight is 373 g/mol. The molecule has 1 unspecified atom stereocenters. The quantitative estimate of drug-likeness (QED) is 0.518. The van der Waals surface area contributed by atoms with Gasteiger partial charge in [-0.2, -0.15) is 10.2 Å². The van der Waals surface area contributed by atoms with Gasteiger partial charge in [0.1, 0.15) is 11.5 Å². The van der Waals surface area contributed by atoms with Gasteiger partial charge in [-0.25, -0.2) is 4.39 Å². The molecule has 7 heteroatoms. The number of benzene rings is 1. The molecule has 0 amide bonds. The highest BCUT2D eigenvalue weighted by Gasteiger charge is 2.30. The highest BCUT2D eigenvalue weighted by atomic mass is 19.1. The van der Waals surface area contributed by atoms with Crippen molar-refractivity contribution >= 4 is 0 Å². The Bertz CT molecular complexity index is 1070. The van der Waals surface area contributed by atoms with Crippen LogP contribution in [-0.4, -0.2) is 33.1 Å². The summed E-state index contributed by atoms with van der Waals surface area (Å²) in [5.74, 6) is 6.47. The average Bonchev–Trinajstić information content (AvgIpc) is 3.36. The first-order valence-electron chi connectivity index (χ1n) is 8.91. The minimum Gasteiger partial charge on any atom is -0.337 e. The van der Waals surface area contributed by atoms with Gasteiger partial charge in [0.05, 0.1) is 18.7 Å². The molecule has 2 aromatic heterocycles. The molecule has 6 nitrogen and oxygen atoms in total. The van der Waals surface area contributed by atoms with Crippen LogP contribution < -0.4 is 0 Å². The maximum atomic E-state index is 13.2. The number of rotatable bonds is 3. The van der Waals surface area contributed by atoms with Crippen molar-refractivity contribution in [3.8, 4) is 29.4 Å². The molecule has 1 aromatic carbocycles. The molecule has 1 aliphatic heterocycles. The molecule has 0 bridgehead atoms. The summed E-state index contributed by atoms with van der Waals surface area (Å²) in [6.45, 7) is 1.20. The van der Waals surface area contributed by atoms with Crippen LogP contribution in [-0.2, 0) is 0 Å². The van der Waals surface area contributed by atoms with Gasteiger partial charge in [0.2, 0.25) is 11.7 Å². The summed E-state index contributed by atoms with van der Waals surface area (Å²) in [4.78, 5) is 10.8. The van der Waals surface area contributed by atoms with Crippen LogP contribution in [0.5, 0.6) is 0 Å². The fourth-order valence-electron chi connectivity index (χ4n) is 3.17. The third kappa shape index (κ3) is 3.90. The highest BCUT2D eigenvalue weighted by Crippen LogP contribution is 2.31. The van der Waals surface area contributed by atoms with Crippen molar-refractivity contribution in [1.29, 1.82) is 5.26 Å². The third-order valence-electron chi connectivity index (χ3n) is 4.53. The second kappa shape index (κ2) is 7.99. The first-order chi connectivity index (χ1) is 13.7. The van der Waals surface area contributed by atoms with Crippen LogP contribution >= 0.6 is 0 Å². The molecule has 0 radical (unpaired) electrons. The minimum absolute atomic E-state index is 0.0164. The Morgan fingerprint density at radius 3 is 2.89 bits per heavy atom. The fourth-order valence-corrected chi connectivity index (χ4v) is 3.17. The number of aromatic nitrogens is 3. The first-order valence-corrected chi connectivity index (χ1v) is 8.91. The van der Waals surface area contributed by atoms with Gasteiger partial charge in [-0.15, -0.1) is 0 Å². The summed E-state index contributed by atoms with van der Waals surface area (Å²) in [5, 5.41) is 13.0. The van der Waals surface area contributed by atoms with Crippen molar-refractivity contribution in [3.05, 3.63) is 65.4 Å². The predicted octanol–water partition coefficient (Wildman–Crippen LogP) is 3.33. The van der Waals surface area contributed by atoms with Gasteiger partial charge in [-0.1, -0.05) is 23.1 Å². The van der Waals surface area contributed by atoms with Crippen LogP contribution in [0, 0.1) is 29.0 Å². The Morgan fingerprint density at radius 1 is 1.21 bits per heavy atom. The van der Waals surface area contributed by atoms with Crippen molar-refractivity contribution < 1.29 is 8.91 Å². The Balaban J connectivity index is 1.49. The van der Waals surface area contributed by atoms with E-state index in [-0.39, 0.29) is 11.9 Å². The zero-order valence-corrected chi connectivity index (χ0v) is 15.0. The maximum absolute atomic E-state index is 13.2. The van der Waals surface area contributed by atoms with Crippen LogP contribution in [0.2, 0.25) is 0 Å². The summed E-state index contributed by atoms with van der Waals surface area (Å²) >= 11 is 0. The third-order valence-corrected chi connectivity index (χ3v) is 4.53. The molecule has 0 N–H and O–H groups in total. The zero-order valence-electron chi connectivity index (χ0n) is 15.0. The number of halogens is 1. The minimum atomic E-state index is -0.316. The van der Waals surface area contributed by atoms with Gasteiger partial charge in [-0.05, 0) is 43.2 Å². The number of nitrogens with zero attached hydrogens (tertiary/aromatic N) is 5. The molecule has 0 aliphatic carbocycles. The van der Waals surface area contributed by atoms with E-state index in [1.165, 1.54) is 12.1 Å². The molecule has 3 heterocycles. The van der Waals surface area contributed by atoms with Gasteiger partial charge in [0.15, 0.2) is 0 Å². The first kappa shape index (κ1) is 17.8. The van der Waals surface area contributed by atoms with E-state index in [1.54, 1.807) is 24.4 Å². The van der Waals surface area contributed by atoms with Gasteiger partial charge in [0.25, 0.3) is 0 Å². The van der Waals surface area contributed by atoms with Crippen molar-refractivity contribution in [1.82, 2.24) is 20.0 Å². The lowest BCUT2D eigenvalue weighted by Crippen LogP contribution is -2.23. The Hall–Kier alpha value is -3.55. The van der Waals surface area contributed by atoms with Gasteiger partial charge in [-0.3, -0.25) is 9.88 Å². The van der Waals surface area contributed by atoms with Crippen molar-refractivity contribution in [2.75, 3.05) is 13.1 Å². The molecule has 1 saturated heterocycles. The van der Waals surface area contributed by atoms with E-state index in [4.69, 9.17) is 9.78 Å². The lowest BCUT2D eigenvalue weighted by molar-refractivity contribution is 0.228. The number of nitriles is 1. The van der Waals surface area contributed by atoms with Gasteiger partial charge in [0, 0.05) is 23.9 Å². The van der Waals surface area contributed by atoms with E-state index in [0.29, 0.717) is 35.1 Å². The molecule has 1 aliphatic rings. The second-order valence-corrected chi connectivity index (χ2v) is 6.44. The van der Waals surface area contributed by atoms with E-state index in [0.717, 1.165) is 19.4 Å². The normalized spacial score (nSPS) is 16.4. The van der Waals surface area contributed by atoms with Crippen molar-refractivity contribution in [3.63, 3.8) is 0 Å². The summed E-state index contributed by atoms with van der Waals surface area (Å²) in [6.07, 6.45) is 3.52. The summed E-state index contributed by atoms with van der Waals surface area (Å²) in [5.41, 5.74) is 1.88. The van der Waals surface area contributed by atoms with Crippen LogP contribution in [0.1, 0.15) is 35.9 Å². The molecule has 3 aromatic rings. The summed E-state index contributed by atoms with van der Waals surface area (Å²) in [7, 11) is 0. The summed E-state index contributed by atoms with van der Waals surface area (Å²) in [6, 6.07) is 11.9. The topological polar surface area (TPSA) is 78.8 Å². The molecular weight excluding hydrogens is 357 g/mol. The van der Waals surface area contributed by atoms with E-state index in [2.05, 4.69) is 33.0 Å². The molecule has 138 valence electrons. The largest absolute Gasteiger partial charge is 0.337 e. The number of hydrogen-bond acceptors (Lipinski definition) is 6. The Morgan fingerprint density at radius 2 is 2.11 bits per heavy atom. The van der Waals surface area contributed by atoms with E-state index in [9.17, 15) is 4.39 Å². The molecular formula is C21H16FN5O. The maximum Gasteiger partial charge on any atom is 0.244 e. The molecule has 4 rings (SSSR count). The Kier molecular flexibility index (Phi) is 5.09. The van der Waals surface area contributed by atoms with Crippen LogP contribution in [0.3, 0.4) is 0 Å². The lowest BCUT2D eigenvalue weighted by Gasteiger charge is -2.17.